The van der Waals surface area contributed by atoms with E-state index in [9.17, 15) is 5.11 Å². The Morgan fingerprint density at radius 3 is 2.54 bits per heavy atom. The summed E-state index contributed by atoms with van der Waals surface area (Å²) in [4.78, 5) is 2.86. The number of methoxy groups -OCH3 is 2. The van der Waals surface area contributed by atoms with Crippen LogP contribution in [0.2, 0.25) is 0 Å². The Balaban J connectivity index is 1.48. The average molecular weight is 482 g/mol. The van der Waals surface area contributed by atoms with E-state index in [1.807, 2.05) is 7.11 Å². The Morgan fingerprint density at radius 1 is 1.11 bits per heavy atom. The third-order valence-electron chi connectivity index (χ3n) is 12.1. The van der Waals surface area contributed by atoms with E-state index >= 15 is 0 Å². The molecule has 7 aliphatic rings. The van der Waals surface area contributed by atoms with Gasteiger partial charge in [0.1, 0.15) is 11.7 Å². The molecule has 1 saturated heterocycles. The second-order valence-corrected chi connectivity index (χ2v) is 14.0. The van der Waals surface area contributed by atoms with Crippen LogP contribution >= 0.6 is 0 Å². The topological polar surface area (TPSA) is 51.2 Å². The zero-order valence-corrected chi connectivity index (χ0v) is 22.4. The normalized spacial score (nSPS) is 42.9. The average Bonchev–Trinajstić information content (AvgIpc) is 3.56. The van der Waals surface area contributed by atoms with Gasteiger partial charge in [0.15, 0.2) is 11.5 Å². The number of hydrogen-bond donors (Lipinski definition) is 1. The molecule has 0 amide bonds. The molecule has 0 unspecified atom stereocenters. The van der Waals surface area contributed by atoms with Crippen LogP contribution in [0, 0.1) is 22.7 Å². The van der Waals surface area contributed by atoms with Crippen molar-refractivity contribution in [3.8, 4) is 11.5 Å². The van der Waals surface area contributed by atoms with E-state index in [0.29, 0.717) is 6.04 Å². The van der Waals surface area contributed by atoms with Crippen LogP contribution in [0.25, 0.3) is 0 Å². The Bertz CT molecular complexity index is 1070. The van der Waals surface area contributed by atoms with Gasteiger partial charge in [-0.1, -0.05) is 26.8 Å². The number of fused-ring (bicyclic) bond motifs is 2. The molecule has 5 heteroatoms. The van der Waals surface area contributed by atoms with Gasteiger partial charge in [0, 0.05) is 42.0 Å². The number of piperidine rings is 1. The molecule has 2 aliphatic heterocycles. The smallest absolute Gasteiger partial charge is 0.165 e. The molecule has 35 heavy (non-hydrogen) atoms. The molecule has 192 valence electrons. The fraction of sp³-hybridized carbons (Fsp3) is 0.800. The molecule has 5 fully saturated rings. The Kier molecular flexibility index (Phi) is 4.42. The summed E-state index contributed by atoms with van der Waals surface area (Å²) in [7, 11) is 3.63. The van der Waals surface area contributed by atoms with Crippen molar-refractivity contribution in [3.63, 3.8) is 0 Å². The summed E-state index contributed by atoms with van der Waals surface area (Å²) >= 11 is 0. The summed E-state index contributed by atoms with van der Waals surface area (Å²) < 4.78 is 19.6. The molecule has 4 saturated carbocycles. The minimum absolute atomic E-state index is 0.0112. The molecule has 1 N–H and O–H groups in total. The van der Waals surface area contributed by atoms with Gasteiger partial charge < -0.3 is 19.3 Å². The predicted molar refractivity (Wildman–Crippen MR) is 135 cm³/mol. The first-order valence-electron chi connectivity index (χ1n) is 13.9. The lowest BCUT2D eigenvalue weighted by Gasteiger charge is -2.75. The lowest BCUT2D eigenvalue weighted by atomic mass is 9.33. The van der Waals surface area contributed by atoms with Crippen molar-refractivity contribution in [1.82, 2.24) is 4.90 Å². The molecule has 0 aromatic heterocycles. The summed E-state index contributed by atoms with van der Waals surface area (Å²) in [5.74, 6) is 2.71. The summed E-state index contributed by atoms with van der Waals surface area (Å²) in [6, 6.07) is 4.93. The molecular formula is C30H43NO4. The van der Waals surface area contributed by atoms with Crippen LogP contribution in [0.4, 0.5) is 0 Å². The molecule has 1 aromatic rings. The molecule has 5 aliphatic carbocycles. The van der Waals surface area contributed by atoms with Gasteiger partial charge in [-0.25, -0.2) is 0 Å². The first-order chi connectivity index (χ1) is 16.6. The summed E-state index contributed by atoms with van der Waals surface area (Å²) in [6.45, 7) is 11.0. The van der Waals surface area contributed by atoms with Crippen molar-refractivity contribution in [2.75, 3.05) is 27.3 Å². The maximum atomic E-state index is 12.3. The van der Waals surface area contributed by atoms with Crippen LogP contribution in [0.5, 0.6) is 11.5 Å². The summed E-state index contributed by atoms with van der Waals surface area (Å²) in [5.41, 5.74) is 1.26. The molecule has 4 bridgehead atoms. The van der Waals surface area contributed by atoms with Crippen LogP contribution in [-0.2, 0) is 16.6 Å². The van der Waals surface area contributed by atoms with E-state index in [2.05, 4.69) is 44.7 Å². The van der Waals surface area contributed by atoms with Gasteiger partial charge in [-0.3, -0.25) is 4.90 Å². The molecule has 2 heterocycles. The number of ether oxygens (including phenoxy) is 3. The SMILES string of the molecule is COc1ccc2c3c1O[C@H]1[C@]4(OC)CC[C@@]5(C[C@@H]4[C@](C)(O)C(C)(C)C)[C@@H](C2)N(CC2CC2)CC[C@]315. The highest BCUT2D eigenvalue weighted by atomic mass is 16.6. The van der Waals surface area contributed by atoms with Gasteiger partial charge in [-0.15, -0.1) is 0 Å². The Hall–Kier alpha value is -1.30. The minimum Gasteiger partial charge on any atom is -0.493 e. The van der Waals surface area contributed by atoms with E-state index < -0.39 is 11.2 Å². The fourth-order valence-electron chi connectivity index (χ4n) is 9.73. The molecule has 5 nitrogen and oxygen atoms in total. The van der Waals surface area contributed by atoms with Gasteiger partial charge >= 0.3 is 0 Å². The van der Waals surface area contributed by atoms with E-state index in [0.717, 1.165) is 56.1 Å². The molecule has 7 atom stereocenters. The molecule has 2 spiro atoms. The van der Waals surface area contributed by atoms with E-state index in [1.54, 1.807) is 7.11 Å². The van der Waals surface area contributed by atoms with Gasteiger partial charge in [-0.2, -0.15) is 0 Å². The number of hydrogen-bond acceptors (Lipinski definition) is 5. The highest BCUT2D eigenvalue weighted by molar-refractivity contribution is 5.63. The van der Waals surface area contributed by atoms with Crippen molar-refractivity contribution in [2.24, 2.45) is 22.7 Å². The van der Waals surface area contributed by atoms with Crippen LogP contribution in [-0.4, -0.2) is 60.7 Å². The van der Waals surface area contributed by atoms with E-state index in [-0.39, 0.29) is 28.3 Å². The molecule has 8 rings (SSSR count). The highest BCUT2D eigenvalue weighted by Crippen LogP contribution is 2.78. The summed E-state index contributed by atoms with van der Waals surface area (Å²) in [5, 5.41) is 12.3. The number of rotatable bonds is 5. The monoisotopic (exact) mass is 481 g/mol. The van der Waals surface area contributed by atoms with Crippen LogP contribution in [0.1, 0.15) is 77.3 Å². The van der Waals surface area contributed by atoms with Crippen molar-refractivity contribution in [2.45, 2.75) is 101 Å². The third-order valence-corrected chi connectivity index (χ3v) is 12.1. The largest absolute Gasteiger partial charge is 0.493 e. The highest BCUT2D eigenvalue weighted by Gasteiger charge is 2.82. The maximum absolute atomic E-state index is 12.3. The standard InChI is InChI=1S/C30H43NO4/c1-26(2,3)27(4,32)21-16-28-11-12-30(21,34-6)25-29(28)13-14-31(17-18-7-8-18)22(28)15-19-9-10-20(33-5)24(35-25)23(19)29/h9-10,18,21-22,25,32H,7-8,11-17H2,1-6H3/t21-,22-,25-,27+,28-,29+,30+/m1/s1. The molecule has 1 aromatic carbocycles. The summed E-state index contributed by atoms with van der Waals surface area (Å²) in [6.07, 6.45) is 8.00. The number of likely N-dealkylation sites (tertiary alicyclic amines) is 1. The van der Waals surface area contributed by atoms with Gasteiger partial charge in [-0.05, 0) is 81.4 Å². The fourth-order valence-corrected chi connectivity index (χ4v) is 9.73. The van der Waals surface area contributed by atoms with Crippen molar-refractivity contribution < 1.29 is 19.3 Å². The van der Waals surface area contributed by atoms with Crippen LogP contribution in [0.15, 0.2) is 12.1 Å². The van der Waals surface area contributed by atoms with Gasteiger partial charge in [0.25, 0.3) is 0 Å². The maximum Gasteiger partial charge on any atom is 0.165 e. The van der Waals surface area contributed by atoms with Gasteiger partial charge in [0.2, 0.25) is 0 Å². The zero-order valence-electron chi connectivity index (χ0n) is 22.4. The van der Waals surface area contributed by atoms with Gasteiger partial charge in [0.05, 0.1) is 12.7 Å². The number of benzene rings is 1. The van der Waals surface area contributed by atoms with Crippen molar-refractivity contribution in [1.29, 1.82) is 0 Å². The van der Waals surface area contributed by atoms with Crippen LogP contribution in [0.3, 0.4) is 0 Å². The molecular weight excluding hydrogens is 438 g/mol. The Morgan fingerprint density at radius 2 is 1.89 bits per heavy atom. The lowest BCUT2D eigenvalue weighted by molar-refractivity contribution is -0.312. The molecule has 0 radical (unpaired) electrons. The van der Waals surface area contributed by atoms with E-state index in [1.165, 1.54) is 30.5 Å². The Labute approximate surface area is 210 Å². The second kappa shape index (κ2) is 6.76. The van der Waals surface area contributed by atoms with Crippen LogP contribution < -0.4 is 9.47 Å². The zero-order chi connectivity index (χ0) is 24.6. The van der Waals surface area contributed by atoms with Crippen molar-refractivity contribution >= 4 is 0 Å². The van der Waals surface area contributed by atoms with E-state index in [4.69, 9.17) is 14.2 Å². The predicted octanol–water partition coefficient (Wildman–Crippen LogP) is 4.72. The third kappa shape index (κ3) is 2.47. The first kappa shape index (κ1) is 22.9. The number of aliphatic hydroxyl groups is 1. The second-order valence-electron chi connectivity index (χ2n) is 14.0. The quantitative estimate of drug-likeness (QED) is 0.660. The minimum atomic E-state index is -0.879. The first-order valence-corrected chi connectivity index (χ1v) is 13.9. The lowest BCUT2D eigenvalue weighted by Crippen LogP contribution is -2.83. The number of nitrogens with zero attached hydrogens (tertiary/aromatic N) is 1. The van der Waals surface area contributed by atoms with Crippen molar-refractivity contribution in [3.05, 3.63) is 23.3 Å².